The molecule has 10 heteroatoms. The highest BCUT2D eigenvalue weighted by atomic mass is 19.1. The third kappa shape index (κ3) is 6.21. The highest BCUT2D eigenvalue weighted by Crippen LogP contribution is 2.54. The van der Waals surface area contributed by atoms with E-state index in [0.29, 0.717) is 17.9 Å². The van der Waals surface area contributed by atoms with Crippen molar-refractivity contribution in [1.82, 2.24) is 10.2 Å². The third-order valence-electron chi connectivity index (χ3n) is 7.50. The number of likely N-dealkylation sites (tertiary alicyclic amines) is 1. The van der Waals surface area contributed by atoms with Crippen molar-refractivity contribution in [3.8, 4) is 5.75 Å². The molecule has 0 aromatic heterocycles. The van der Waals surface area contributed by atoms with Crippen LogP contribution in [0.25, 0.3) is 0 Å². The number of amides is 3. The van der Waals surface area contributed by atoms with Crippen molar-refractivity contribution in [1.29, 1.82) is 0 Å². The molecule has 4 rings (SSSR count). The van der Waals surface area contributed by atoms with Gasteiger partial charge in [0.1, 0.15) is 28.5 Å². The average Bonchev–Trinajstić information content (AvgIpc) is 3.50. The largest absolute Gasteiger partial charge is 0.493 e. The van der Waals surface area contributed by atoms with Gasteiger partial charge in [0.25, 0.3) is 5.91 Å². The van der Waals surface area contributed by atoms with E-state index in [4.69, 9.17) is 15.2 Å². The lowest BCUT2D eigenvalue weighted by atomic mass is 9.56. The molecular formula is C25H33F2N3O5. The zero-order valence-corrected chi connectivity index (χ0v) is 20.0. The fourth-order valence-corrected chi connectivity index (χ4v) is 5.16. The number of benzene rings is 1. The first-order valence-electron chi connectivity index (χ1n) is 12.2. The molecule has 1 saturated heterocycles. The van der Waals surface area contributed by atoms with Crippen molar-refractivity contribution < 1.29 is 32.6 Å². The molecule has 192 valence electrons. The van der Waals surface area contributed by atoms with Crippen LogP contribution >= 0.6 is 0 Å². The SMILES string of the molecule is CC1(OC(=O)N2CCC3(CC2)CC(CCCOc2cc(F)c(C(=O)NCC(N)=O)c(F)c2)C3)CC1. The Labute approximate surface area is 203 Å². The second-order valence-corrected chi connectivity index (χ2v) is 10.5. The second-order valence-electron chi connectivity index (χ2n) is 10.5. The molecule has 0 radical (unpaired) electrons. The number of nitrogens with zero attached hydrogens (tertiary/aromatic N) is 1. The number of nitrogens with two attached hydrogens (primary N) is 1. The number of primary amides is 1. The highest BCUT2D eigenvalue weighted by Gasteiger charge is 2.47. The minimum atomic E-state index is -1.07. The van der Waals surface area contributed by atoms with Crippen LogP contribution in [-0.2, 0) is 9.53 Å². The summed E-state index contributed by atoms with van der Waals surface area (Å²) in [4.78, 5) is 36.7. The van der Waals surface area contributed by atoms with Crippen molar-refractivity contribution >= 4 is 17.9 Å². The maximum absolute atomic E-state index is 14.2. The quantitative estimate of drug-likeness (QED) is 0.512. The zero-order valence-electron chi connectivity index (χ0n) is 20.0. The van der Waals surface area contributed by atoms with Crippen LogP contribution < -0.4 is 15.8 Å². The first-order chi connectivity index (χ1) is 16.6. The summed E-state index contributed by atoms with van der Waals surface area (Å²) >= 11 is 0. The molecule has 35 heavy (non-hydrogen) atoms. The summed E-state index contributed by atoms with van der Waals surface area (Å²) in [6, 6.07) is 1.92. The van der Waals surface area contributed by atoms with Crippen molar-refractivity contribution in [2.45, 2.75) is 63.9 Å². The van der Waals surface area contributed by atoms with Crippen LogP contribution in [0.4, 0.5) is 13.6 Å². The number of hydrogen-bond acceptors (Lipinski definition) is 5. The summed E-state index contributed by atoms with van der Waals surface area (Å²) < 4.78 is 39.5. The van der Waals surface area contributed by atoms with Crippen LogP contribution in [0.5, 0.6) is 5.75 Å². The molecule has 1 aromatic rings. The van der Waals surface area contributed by atoms with E-state index in [0.717, 1.165) is 76.6 Å². The van der Waals surface area contributed by atoms with Crippen molar-refractivity contribution in [3.63, 3.8) is 0 Å². The topological polar surface area (TPSA) is 111 Å². The van der Waals surface area contributed by atoms with E-state index in [1.165, 1.54) is 0 Å². The Morgan fingerprint density at radius 2 is 1.74 bits per heavy atom. The van der Waals surface area contributed by atoms with E-state index in [9.17, 15) is 23.2 Å². The minimum absolute atomic E-state index is 0.0100. The van der Waals surface area contributed by atoms with Gasteiger partial charge in [0.2, 0.25) is 5.91 Å². The Hall–Kier alpha value is -2.91. The summed E-state index contributed by atoms with van der Waals surface area (Å²) in [5.41, 5.74) is 4.22. The summed E-state index contributed by atoms with van der Waals surface area (Å²) in [5.74, 6) is -3.40. The van der Waals surface area contributed by atoms with Gasteiger partial charge in [-0.05, 0) is 69.6 Å². The molecule has 2 saturated carbocycles. The second kappa shape index (κ2) is 9.99. The standard InChI is InChI=1S/C25H33F2N3O5/c1-24(4-5-24)35-23(33)30-8-6-25(7-9-30)13-16(14-25)3-2-10-34-17-11-18(26)21(19(27)12-17)22(32)29-15-20(28)31/h11-12,16H,2-10,13-15H2,1H3,(H2,28,31)(H,29,32). The van der Waals surface area contributed by atoms with E-state index in [-0.39, 0.29) is 17.4 Å². The van der Waals surface area contributed by atoms with Gasteiger partial charge in [-0.2, -0.15) is 0 Å². The number of piperidine rings is 1. The first-order valence-corrected chi connectivity index (χ1v) is 12.2. The van der Waals surface area contributed by atoms with Crippen LogP contribution in [0.2, 0.25) is 0 Å². The molecule has 3 amide bonds. The fourth-order valence-electron chi connectivity index (χ4n) is 5.16. The lowest BCUT2D eigenvalue weighted by Crippen LogP contribution is -2.49. The fraction of sp³-hybridized carbons (Fsp3) is 0.640. The van der Waals surface area contributed by atoms with Gasteiger partial charge in [0, 0.05) is 25.2 Å². The molecule has 3 aliphatic rings. The number of nitrogens with one attached hydrogen (secondary N) is 1. The number of carbonyl (C=O) groups is 3. The van der Waals surface area contributed by atoms with Crippen LogP contribution in [-0.4, -0.2) is 54.6 Å². The minimum Gasteiger partial charge on any atom is -0.493 e. The summed E-state index contributed by atoms with van der Waals surface area (Å²) in [5, 5.41) is 2.06. The van der Waals surface area contributed by atoms with E-state index in [1.54, 1.807) is 0 Å². The summed E-state index contributed by atoms with van der Waals surface area (Å²) in [6.45, 7) is 3.28. The normalized spacial score (nSPS) is 20.1. The first kappa shape index (κ1) is 25.2. The van der Waals surface area contributed by atoms with Gasteiger partial charge in [0.05, 0.1) is 13.2 Å². The zero-order chi connectivity index (χ0) is 25.2. The highest BCUT2D eigenvalue weighted by molar-refractivity contribution is 5.96. The predicted molar refractivity (Wildman–Crippen MR) is 123 cm³/mol. The van der Waals surface area contributed by atoms with Gasteiger partial charge in [-0.3, -0.25) is 9.59 Å². The summed E-state index contributed by atoms with van der Waals surface area (Å²) in [6.07, 6.45) is 7.71. The van der Waals surface area contributed by atoms with Gasteiger partial charge in [0.15, 0.2) is 0 Å². The lowest BCUT2D eigenvalue weighted by Gasteiger charge is -2.52. The monoisotopic (exact) mass is 493 g/mol. The smallest absolute Gasteiger partial charge is 0.410 e. The molecule has 3 N–H and O–H groups in total. The molecule has 0 unspecified atom stereocenters. The van der Waals surface area contributed by atoms with Gasteiger partial charge in [-0.25, -0.2) is 13.6 Å². The van der Waals surface area contributed by atoms with Gasteiger partial charge in [-0.15, -0.1) is 0 Å². The summed E-state index contributed by atoms with van der Waals surface area (Å²) in [7, 11) is 0. The van der Waals surface area contributed by atoms with Crippen molar-refractivity contribution in [3.05, 3.63) is 29.3 Å². The Balaban J connectivity index is 1.14. The molecular weight excluding hydrogens is 460 g/mol. The number of rotatable bonds is 9. The average molecular weight is 494 g/mol. The number of hydrogen-bond donors (Lipinski definition) is 2. The van der Waals surface area contributed by atoms with Crippen LogP contribution in [0.15, 0.2) is 12.1 Å². The number of halogens is 2. The van der Waals surface area contributed by atoms with Gasteiger partial charge < -0.3 is 25.4 Å². The van der Waals surface area contributed by atoms with E-state index in [2.05, 4.69) is 5.32 Å². The Morgan fingerprint density at radius 1 is 1.11 bits per heavy atom. The van der Waals surface area contributed by atoms with Crippen LogP contribution in [0.3, 0.4) is 0 Å². The maximum Gasteiger partial charge on any atom is 0.410 e. The van der Waals surface area contributed by atoms with Crippen LogP contribution in [0.1, 0.15) is 68.6 Å². The predicted octanol–water partition coefficient (Wildman–Crippen LogP) is 3.52. The molecule has 1 aliphatic heterocycles. The van der Waals surface area contributed by atoms with Gasteiger partial charge >= 0.3 is 6.09 Å². The van der Waals surface area contributed by atoms with E-state index < -0.39 is 35.6 Å². The molecule has 1 spiro atoms. The van der Waals surface area contributed by atoms with Gasteiger partial charge in [-0.1, -0.05) is 0 Å². The van der Waals surface area contributed by atoms with E-state index >= 15 is 0 Å². The van der Waals surface area contributed by atoms with E-state index in [1.807, 2.05) is 11.8 Å². The molecule has 1 heterocycles. The Morgan fingerprint density at radius 3 is 2.31 bits per heavy atom. The number of ether oxygens (including phenoxy) is 2. The molecule has 8 nitrogen and oxygen atoms in total. The van der Waals surface area contributed by atoms with Crippen molar-refractivity contribution in [2.75, 3.05) is 26.2 Å². The Bertz CT molecular complexity index is 958. The molecule has 0 bridgehead atoms. The Kier molecular flexibility index (Phi) is 7.19. The number of carbonyl (C=O) groups excluding carboxylic acids is 3. The third-order valence-corrected chi connectivity index (χ3v) is 7.50. The lowest BCUT2D eigenvalue weighted by molar-refractivity contribution is -0.117. The molecule has 0 atom stereocenters. The maximum atomic E-state index is 14.2. The molecule has 3 fully saturated rings. The van der Waals surface area contributed by atoms with Crippen molar-refractivity contribution in [2.24, 2.45) is 17.1 Å². The molecule has 1 aromatic carbocycles. The molecule has 2 aliphatic carbocycles. The van der Waals surface area contributed by atoms with Crippen LogP contribution in [0, 0.1) is 23.0 Å².